The lowest BCUT2D eigenvalue weighted by Crippen LogP contribution is -2.43. The summed E-state index contributed by atoms with van der Waals surface area (Å²) >= 11 is 0. The topological polar surface area (TPSA) is 94.8 Å². The third kappa shape index (κ3) is 5.42. The number of alkyl carbamates (subject to hydrolysis) is 1. The van der Waals surface area contributed by atoms with Crippen molar-refractivity contribution >= 4 is 23.0 Å². The van der Waals surface area contributed by atoms with E-state index in [2.05, 4.69) is 5.32 Å². The minimum atomic E-state index is -0.851. The van der Waals surface area contributed by atoms with Gasteiger partial charge >= 0.3 is 17.7 Å². The second-order valence-corrected chi connectivity index (χ2v) is 8.18. The van der Waals surface area contributed by atoms with Crippen LogP contribution in [0.1, 0.15) is 49.3 Å². The van der Waals surface area contributed by atoms with E-state index < -0.39 is 18.1 Å². The average Bonchev–Trinajstić information content (AvgIpc) is 3.32. The summed E-state index contributed by atoms with van der Waals surface area (Å²) in [6.45, 7) is 2.11. The monoisotopic (exact) mass is 449 g/mol. The highest BCUT2D eigenvalue weighted by Crippen LogP contribution is 2.29. The number of benzene rings is 2. The Balaban J connectivity index is 1.44. The van der Waals surface area contributed by atoms with Gasteiger partial charge in [-0.25, -0.2) is 14.4 Å². The van der Waals surface area contributed by atoms with Gasteiger partial charge in [-0.2, -0.15) is 0 Å². The minimum Gasteiger partial charge on any atom is -0.445 e. The van der Waals surface area contributed by atoms with E-state index in [9.17, 15) is 14.4 Å². The zero-order valence-corrected chi connectivity index (χ0v) is 18.6. The molecule has 1 atom stereocenters. The lowest BCUT2D eigenvalue weighted by Gasteiger charge is -2.17. The van der Waals surface area contributed by atoms with E-state index in [-0.39, 0.29) is 18.0 Å². The molecule has 0 saturated heterocycles. The van der Waals surface area contributed by atoms with Gasteiger partial charge in [0.1, 0.15) is 24.0 Å². The van der Waals surface area contributed by atoms with Gasteiger partial charge in [-0.1, -0.05) is 50.1 Å². The molecule has 0 unspecified atom stereocenters. The van der Waals surface area contributed by atoms with Crippen molar-refractivity contribution in [1.82, 2.24) is 5.32 Å². The van der Waals surface area contributed by atoms with Crippen LogP contribution in [0.25, 0.3) is 11.0 Å². The van der Waals surface area contributed by atoms with Gasteiger partial charge in [0, 0.05) is 17.0 Å². The molecule has 0 radical (unpaired) electrons. The number of carbonyl (C=O) groups excluding carboxylic acids is 2. The predicted molar refractivity (Wildman–Crippen MR) is 123 cm³/mol. The summed E-state index contributed by atoms with van der Waals surface area (Å²) in [6, 6.07) is 13.5. The predicted octanol–water partition coefficient (Wildman–Crippen LogP) is 4.67. The van der Waals surface area contributed by atoms with Crippen LogP contribution in [0, 0.1) is 0 Å². The fraction of sp³-hybridized carbons (Fsp3) is 0.346. The maximum Gasteiger partial charge on any atom is 0.408 e. The normalized spacial score (nSPS) is 13.4. The quantitative estimate of drug-likeness (QED) is 0.305. The second-order valence-electron chi connectivity index (χ2n) is 8.18. The fourth-order valence-electron chi connectivity index (χ4n) is 4.08. The van der Waals surface area contributed by atoms with Gasteiger partial charge in [-0.3, -0.25) is 0 Å². The molecule has 172 valence electrons. The molecule has 1 aliphatic carbocycles. The van der Waals surface area contributed by atoms with Crippen LogP contribution in [0.5, 0.6) is 5.75 Å². The van der Waals surface area contributed by atoms with E-state index >= 15 is 0 Å². The highest BCUT2D eigenvalue weighted by molar-refractivity contribution is 5.86. The number of nitrogens with one attached hydrogen (secondary N) is 1. The molecule has 1 N–H and O–H groups in total. The molecule has 0 saturated carbocycles. The summed E-state index contributed by atoms with van der Waals surface area (Å²) in [5.41, 5.74) is 2.67. The molecule has 33 heavy (non-hydrogen) atoms. The Morgan fingerprint density at radius 2 is 1.88 bits per heavy atom. The average molecular weight is 450 g/mol. The Morgan fingerprint density at radius 3 is 2.67 bits per heavy atom. The first kappa shape index (κ1) is 22.6. The highest BCUT2D eigenvalue weighted by atomic mass is 16.6. The van der Waals surface area contributed by atoms with E-state index in [1.807, 2.05) is 43.3 Å². The van der Waals surface area contributed by atoms with Crippen molar-refractivity contribution in [2.75, 3.05) is 0 Å². The molecule has 1 amide bonds. The number of ether oxygens (including phenoxy) is 2. The van der Waals surface area contributed by atoms with Crippen LogP contribution in [0.2, 0.25) is 0 Å². The lowest BCUT2D eigenvalue weighted by atomic mass is 10.1. The molecular formula is C26H27NO6. The minimum absolute atomic E-state index is 0.107. The second kappa shape index (κ2) is 10.3. The summed E-state index contributed by atoms with van der Waals surface area (Å²) in [5.74, 6) is -0.336. The molecule has 7 heteroatoms. The van der Waals surface area contributed by atoms with Crippen molar-refractivity contribution in [2.45, 2.75) is 58.1 Å². The molecule has 0 bridgehead atoms. The number of esters is 1. The van der Waals surface area contributed by atoms with Crippen LogP contribution < -0.4 is 15.7 Å². The van der Waals surface area contributed by atoms with Crippen molar-refractivity contribution in [3.63, 3.8) is 0 Å². The first-order valence-electron chi connectivity index (χ1n) is 11.3. The molecule has 4 rings (SSSR count). The Kier molecular flexibility index (Phi) is 7.07. The number of hydrogen-bond acceptors (Lipinski definition) is 6. The van der Waals surface area contributed by atoms with Crippen LogP contribution in [0.15, 0.2) is 57.7 Å². The van der Waals surface area contributed by atoms with Gasteiger partial charge in [0.2, 0.25) is 0 Å². The van der Waals surface area contributed by atoms with E-state index in [1.165, 1.54) is 0 Å². The van der Waals surface area contributed by atoms with Crippen molar-refractivity contribution in [3.05, 3.63) is 75.6 Å². The standard InChI is InChI=1S/C26H27NO6/c1-2-3-12-22(27-26(30)31-16-17-8-5-4-6-9-17)25(29)32-18-13-14-20-19-10-7-11-21(19)24(28)33-23(20)15-18/h4-6,8-9,13-15,22H,2-3,7,10-12,16H2,1H3,(H,27,30)/t22-/m0/s1. The molecule has 1 heterocycles. The third-order valence-electron chi connectivity index (χ3n) is 5.80. The number of amides is 1. The molecule has 7 nitrogen and oxygen atoms in total. The number of hydrogen-bond donors (Lipinski definition) is 1. The van der Waals surface area contributed by atoms with Crippen molar-refractivity contribution in [2.24, 2.45) is 0 Å². The van der Waals surface area contributed by atoms with Crippen LogP contribution in [-0.4, -0.2) is 18.1 Å². The maximum absolute atomic E-state index is 12.8. The lowest BCUT2D eigenvalue weighted by molar-refractivity contribution is -0.136. The third-order valence-corrected chi connectivity index (χ3v) is 5.80. The Bertz CT molecular complexity index is 1200. The summed E-state index contributed by atoms with van der Waals surface area (Å²) in [5, 5.41) is 3.48. The van der Waals surface area contributed by atoms with Crippen LogP contribution in [0.4, 0.5) is 4.79 Å². The maximum atomic E-state index is 12.8. The molecule has 0 fully saturated rings. The van der Waals surface area contributed by atoms with Crippen molar-refractivity contribution in [1.29, 1.82) is 0 Å². The van der Waals surface area contributed by atoms with E-state index in [4.69, 9.17) is 13.9 Å². The smallest absolute Gasteiger partial charge is 0.408 e. The molecule has 2 aromatic carbocycles. The number of carbonyl (C=O) groups is 2. The zero-order valence-electron chi connectivity index (χ0n) is 18.6. The molecule has 0 spiro atoms. The summed E-state index contributed by atoms with van der Waals surface area (Å²) in [4.78, 5) is 37.3. The van der Waals surface area contributed by atoms with Gasteiger partial charge in [-0.05, 0) is 48.9 Å². The molecule has 1 aliphatic rings. The summed E-state index contributed by atoms with van der Waals surface area (Å²) in [6.07, 6.45) is 3.83. The Hall–Kier alpha value is -3.61. The van der Waals surface area contributed by atoms with E-state index in [0.717, 1.165) is 54.2 Å². The first-order valence-corrected chi connectivity index (χ1v) is 11.3. The van der Waals surface area contributed by atoms with Gasteiger partial charge in [0.15, 0.2) is 0 Å². The van der Waals surface area contributed by atoms with Gasteiger partial charge in [0.05, 0.1) is 0 Å². The largest absolute Gasteiger partial charge is 0.445 e. The van der Waals surface area contributed by atoms with Crippen LogP contribution in [0.3, 0.4) is 0 Å². The molecule has 0 aliphatic heterocycles. The Labute approximate surface area is 191 Å². The summed E-state index contributed by atoms with van der Waals surface area (Å²) in [7, 11) is 0. The van der Waals surface area contributed by atoms with Gasteiger partial charge < -0.3 is 19.2 Å². The van der Waals surface area contributed by atoms with E-state index in [1.54, 1.807) is 12.1 Å². The van der Waals surface area contributed by atoms with Crippen molar-refractivity contribution in [3.8, 4) is 5.75 Å². The van der Waals surface area contributed by atoms with Gasteiger partial charge in [0.25, 0.3) is 0 Å². The number of unbranched alkanes of at least 4 members (excludes halogenated alkanes) is 1. The summed E-state index contributed by atoms with van der Waals surface area (Å²) < 4.78 is 16.2. The van der Waals surface area contributed by atoms with Crippen LogP contribution >= 0.6 is 0 Å². The number of aryl methyl sites for hydroxylation is 1. The molecule has 3 aromatic rings. The highest BCUT2D eigenvalue weighted by Gasteiger charge is 2.24. The molecule has 1 aromatic heterocycles. The number of rotatable bonds is 8. The van der Waals surface area contributed by atoms with Crippen LogP contribution in [-0.2, 0) is 29.0 Å². The Morgan fingerprint density at radius 1 is 1.09 bits per heavy atom. The van der Waals surface area contributed by atoms with E-state index in [0.29, 0.717) is 12.0 Å². The van der Waals surface area contributed by atoms with Crippen molar-refractivity contribution < 1.29 is 23.5 Å². The first-order chi connectivity index (χ1) is 16.0. The number of fused-ring (bicyclic) bond motifs is 3. The fourth-order valence-corrected chi connectivity index (χ4v) is 4.08. The SMILES string of the molecule is CCCC[C@H](NC(=O)OCc1ccccc1)C(=O)Oc1ccc2c3c(c(=O)oc2c1)CCC3. The molecular weight excluding hydrogens is 422 g/mol. The van der Waals surface area contributed by atoms with Gasteiger partial charge in [-0.15, -0.1) is 0 Å². The zero-order chi connectivity index (χ0) is 23.2.